The third-order valence-corrected chi connectivity index (χ3v) is 5.10. The fraction of sp³-hybridized carbons (Fsp3) is 0.556. The summed E-state index contributed by atoms with van der Waals surface area (Å²) in [6.07, 6.45) is 0.268. The molecule has 1 aromatic rings. The van der Waals surface area contributed by atoms with Gasteiger partial charge < -0.3 is 24.6 Å². The van der Waals surface area contributed by atoms with Crippen molar-refractivity contribution < 1.29 is 19.1 Å². The molecule has 0 radical (unpaired) electrons. The molecule has 25 heavy (non-hydrogen) atoms. The molecule has 0 aromatic heterocycles. The summed E-state index contributed by atoms with van der Waals surface area (Å²) in [5, 5.41) is 3.29. The number of benzene rings is 1. The molecule has 134 valence electrons. The van der Waals surface area contributed by atoms with Gasteiger partial charge in [0, 0.05) is 50.4 Å². The highest BCUT2D eigenvalue weighted by molar-refractivity contribution is 6.00. The molecule has 7 nitrogen and oxygen atoms in total. The molecule has 3 aliphatic rings. The van der Waals surface area contributed by atoms with E-state index in [4.69, 9.17) is 9.47 Å². The number of piperazine rings is 1. The lowest BCUT2D eigenvalue weighted by Crippen LogP contribution is -2.54. The second-order valence-corrected chi connectivity index (χ2v) is 6.82. The Hall–Kier alpha value is -2.28. The van der Waals surface area contributed by atoms with E-state index in [9.17, 15) is 9.59 Å². The Bertz CT molecular complexity index is 693. The predicted octanol–water partition coefficient (Wildman–Crippen LogP) is 0.631. The summed E-state index contributed by atoms with van der Waals surface area (Å²) in [4.78, 5) is 28.9. The van der Waals surface area contributed by atoms with Crippen LogP contribution in [-0.2, 0) is 9.59 Å². The van der Waals surface area contributed by atoms with Gasteiger partial charge in [0.15, 0.2) is 11.5 Å². The standard InChI is InChI=1S/C18H23N3O4/c1-12-10-19-4-5-20(12)18(23)13-8-17(22)21(11-13)14-2-3-15-16(9-14)25-7-6-24-15/h2-3,9,12-13,19H,4-8,10-11H2,1H3. The zero-order valence-electron chi connectivity index (χ0n) is 14.4. The molecular formula is C18H23N3O4. The Labute approximate surface area is 146 Å². The summed E-state index contributed by atoms with van der Waals surface area (Å²) >= 11 is 0. The second kappa shape index (κ2) is 6.55. The van der Waals surface area contributed by atoms with Crippen molar-refractivity contribution in [3.63, 3.8) is 0 Å². The first-order valence-corrected chi connectivity index (χ1v) is 8.84. The molecule has 2 unspecified atom stereocenters. The van der Waals surface area contributed by atoms with Gasteiger partial charge in [0.1, 0.15) is 13.2 Å². The van der Waals surface area contributed by atoms with Crippen LogP contribution < -0.4 is 19.7 Å². The number of nitrogens with zero attached hydrogens (tertiary/aromatic N) is 2. The van der Waals surface area contributed by atoms with Crippen molar-refractivity contribution in [2.45, 2.75) is 19.4 Å². The highest BCUT2D eigenvalue weighted by Gasteiger charge is 2.39. The summed E-state index contributed by atoms with van der Waals surface area (Å²) in [7, 11) is 0. The van der Waals surface area contributed by atoms with Gasteiger partial charge in [-0.2, -0.15) is 0 Å². The minimum atomic E-state index is -0.277. The summed E-state index contributed by atoms with van der Waals surface area (Å²) in [5.41, 5.74) is 0.762. The molecule has 0 bridgehead atoms. The number of hydrogen-bond acceptors (Lipinski definition) is 5. The van der Waals surface area contributed by atoms with Crippen LogP contribution in [0, 0.1) is 5.92 Å². The molecule has 7 heteroatoms. The maximum absolute atomic E-state index is 12.8. The number of amides is 2. The van der Waals surface area contributed by atoms with E-state index < -0.39 is 0 Å². The largest absolute Gasteiger partial charge is 0.486 e. The average molecular weight is 345 g/mol. The Balaban J connectivity index is 1.49. The monoisotopic (exact) mass is 345 g/mol. The van der Waals surface area contributed by atoms with E-state index in [1.165, 1.54) is 0 Å². The van der Waals surface area contributed by atoms with E-state index in [1.807, 2.05) is 30.0 Å². The minimum Gasteiger partial charge on any atom is -0.486 e. The van der Waals surface area contributed by atoms with Gasteiger partial charge in [0.25, 0.3) is 0 Å². The first-order valence-electron chi connectivity index (χ1n) is 8.84. The molecule has 2 amide bonds. The quantitative estimate of drug-likeness (QED) is 0.851. The van der Waals surface area contributed by atoms with Crippen LogP contribution in [0.15, 0.2) is 18.2 Å². The Morgan fingerprint density at radius 2 is 2.04 bits per heavy atom. The summed E-state index contributed by atoms with van der Waals surface area (Å²) < 4.78 is 11.1. The molecule has 1 N–H and O–H groups in total. The normalized spacial score (nSPS) is 26.0. The Morgan fingerprint density at radius 3 is 2.84 bits per heavy atom. The topological polar surface area (TPSA) is 71.1 Å². The van der Waals surface area contributed by atoms with E-state index in [-0.39, 0.29) is 30.2 Å². The Morgan fingerprint density at radius 1 is 1.24 bits per heavy atom. The van der Waals surface area contributed by atoms with Crippen molar-refractivity contribution in [2.24, 2.45) is 5.92 Å². The van der Waals surface area contributed by atoms with Crippen LogP contribution in [0.5, 0.6) is 11.5 Å². The van der Waals surface area contributed by atoms with Gasteiger partial charge in [0.05, 0.1) is 5.92 Å². The van der Waals surface area contributed by atoms with Crippen molar-refractivity contribution in [1.82, 2.24) is 10.2 Å². The first-order chi connectivity index (χ1) is 12.1. The van der Waals surface area contributed by atoms with Crippen LogP contribution in [0.25, 0.3) is 0 Å². The molecule has 0 saturated carbocycles. The highest BCUT2D eigenvalue weighted by Crippen LogP contribution is 2.36. The van der Waals surface area contributed by atoms with E-state index in [0.29, 0.717) is 37.8 Å². The van der Waals surface area contributed by atoms with Crippen LogP contribution in [0.3, 0.4) is 0 Å². The van der Waals surface area contributed by atoms with Gasteiger partial charge in [-0.15, -0.1) is 0 Å². The van der Waals surface area contributed by atoms with E-state index >= 15 is 0 Å². The Kier molecular flexibility index (Phi) is 4.25. The van der Waals surface area contributed by atoms with Gasteiger partial charge in [-0.05, 0) is 19.1 Å². The number of rotatable bonds is 2. The molecule has 0 aliphatic carbocycles. The van der Waals surface area contributed by atoms with Crippen molar-refractivity contribution in [3.05, 3.63) is 18.2 Å². The maximum Gasteiger partial charge on any atom is 0.228 e. The van der Waals surface area contributed by atoms with E-state index in [2.05, 4.69) is 5.32 Å². The lowest BCUT2D eigenvalue weighted by Gasteiger charge is -2.35. The average Bonchev–Trinajstić information content (AvgIpc) is 3.03. The predicted molar refractivity (Wildman–Crippen MR) is 91.9 cm³/mol. The fourth-order valence-electron chi connectivity index (χ4n) is 3.73. The lowest BCUT2D eigenvalue weighted by molar-refractivity contribution is -0.138. The first kappa shape index (κ1) is 16.2. The summed E-state index contributed by atoms with van der Waals surface area (Å²) in [6.45, 7) is 5.82. The number of nitrogens with one attached hydrogen (secondary N) is 1. The number of ether oxygens (including phenoxy) is 2. The van der Waals surface area contributed by atoms with Gasteiger partial charge in [-0.3, -0.25) is 9.59 Å². The van der Waals surface area contributed by atoms with Gasteiger partial charge >= 0.3 is 0 Å². The number of fused-ring (bicyclic) bond motifs is 1. The minimum absolute atomic E-state index is 0.0159. The van der Waals surface area contributed by atoms with E-state index in [0.717, 1.165) is 18.8 Å². The molecule has 3 aliphatic heterocycles. The van der Waals surface area contributed by atoms with Crippen molar-refractivity contribution in [2.75, 3.05) is 44.3 Å². The number of carbonyl (C=O) groups excluding carboxylic acids is 2. The molecule has 4 rings (SSSR count). The van der Waals surface area contributed by atoms with E-state index in [1.54, 1.807) is 4.90 Å². The van der Waals surface area contributed by atoms with Crippen molar-refractivity contribution in [1.29, 1.82) is 0 Å². The van der Waals surface area contributed by atoms with Gasteiger partial charge in [-0.1, -0.05) is 0 Å². The smallest absolute Gasteiger partial charge is 0.228 e. The van der Waals surface area contributed by atoms with Crippen molar-refractivity contribution >= 4 is 17.5 Å². The zero-order valence-corrected chi connectivity index (χ0v) is 14.4. The number of hydrogen-bond donors (Lipinski definition) is 1. The SMILES string of the molecule is CC1CNCCN1C(=O)C1CC(=O)N(c2ccc3c(c2)OCCO3)C1. The summed E-state index contributed by atoms with van der Waals surface area (Å²) in [5.74, 6) is 1.15. The maximum atomic E-state index is 12.8. The van der Waals surface area contributed by atoms with Crippen LogP contribution in [-0.4, -0.2) is 62.1 Å². The molecule has 0 spiro atoms. The molecule has 1 aromatic carbocycles. The lowest BCUT2D eigenvalue weighted by atomic mass is 10.1. The number of carbonyl (C=O) groups is 2. The summed E-state index contributed by atoms with van der Waals surface area (Å²) in [6, 6.07) is 5.67. The fourth-order valence-corrected chi connectivity index (χ4v) is 3.73. The van der Waals surface area contributed by atoms with Crippen molar-refractivity contribution in [3.8, 4) is 11.5 Å². The van der Waals surface area contributed by atoms with Crippen LogP contribution in [0.1, 0.15) is 13.3 Å². The second-order valence-electron chi connectivity index (χ2n) is 6.82. The van der Waals surface area contributed by atoms with Gasteiger partial charge in [-0.25, -0.2) is 0 Å². The van der Waals surface area contributed by atoms with Crippen LogP contribution >= 0.6 is 0 Å². The third kappa shape index (κ3) is 3.04. The molecule has 2 atom stereocenters. The molecular weight excluding hydrogens is 322 g/mol. The third-order valence-electron chi connectivity index (χ3n) is 5.10. The zero-order chi connectivity index (χ0) is 17.4. The molecule has 3 heterocycles. The van der Waals surface area contributed by atoms with Crippen LogP contribution in [0.4, 0.5) is 5.69 Å². The molecule has 2 fully saturated rings. The molecule has 2 saturated heterocycles. The highest BCUT2D eigenvalue weighted by atomic mass is 16.6. The van der Waals surface area contributed by atoms with Crippen LogP contribution in [0.2, 0.25) is 0 Å². The number of anilines is 1. The van der Waals surface area contributed by atoms with Gasteiger partial charge in [0.2, 0.25) is 11.8 Å².